The third kappa shape index (κ3) is 6.44. The van der Waals surface area contributed by atoms with Crippen LogP contribution in [0.3, 0.4) is 0 Å². The molecule has 1 aliphatic heterocycles. The zero-order chi connectivity index (χ0) is 22.0. The van der Waals surface area contributed by atoms with Crippen molar-refractivity contribution in [2.24, 2.45) is 0 Å². The van der Waals surface area contributed by atoms with Crippen molar-refractivity contribution < 1.29 is 18.9 Å². The topological polar surface area (TPSA) is 36.9 Å². The summed E-state index contributed by atoms with van der Waals surface area (Å²) in [5.41, 5.74) is 3.30. The standard InChI is InChI=1S/C27H30O4S/c1-32-27-26(30-19-23-15-9-4-10-16-23)25(29-18-22-13-7-3-8-14-22)24(31-27)20-28-17-21-11-5-2-6-12-21/h2-16,24-27H,17-20H2,1H3/t24-,25-,26-,27-/m1/s1. The summed E-state index contributed by atoms with van der Waals surface area (Å²) in [6, 6.07) is 30.6. The largest absolute Gasteiger partial charge is 0.374 e. The van der Waals surface area contributed by atoms with E-state index in [1.54, 1.807) is 11.8 Å². The van der Waals surface area contributed by atoms with Crippen LogP contribution in [0.1, 0.15) is 16.7 Å². The smallest absolute Gasteiger partial charge is 0.132 e. The van der Waals surface area contributed by atoms with Gasteiger partial charge in [0.1, 0.15) is 23.7 Å². The highest BCUT2D eigenvalue weighted by atomic mass is 32.2. The minimum atomic E-state index is -0.216. The van der Waals surface area contributed by atoms with Gasteiger partial charge in [-0.1, -0.05) is 91.0 Å². The van der Waals surface area contributed by atoms with Gasteiger partial charge in [-0.05, 0) is 22.9 Å². The van der Waals surface area contributed by atoms with Gasteiger partial charge in [0.2, 0.25) is 0 Å². The second kappa shape index (κ2) is 12.2. The van der Waals surface area contributed by atoms with Gasteiger partial charge in [0.25, 0.3) is 0 Å². The third-order valence-corrected chi connectivity index (χ3v) is 6.31. The number of thioether (sulfide) groups is 1. The van der Waals surface area contributed by atoms with E-state index in [0.717, 1.165) is 16.7 Å². The lowest BCUT2D eigenvalue weighted by atomic mass is 10.1. The van der Waals surface area contributed by atoms with Crippen LogP contribution in [0.2, 0.25) is 0 Å². The fourth-order valence-electron chi connectivity index (χ4n) is 3.79. The molecule has 0 N–H and O–H groups in total. The van der Waals surface area contributed by atoms with Crippen LogP contribution in [0.15, 0.2) is 91.0 Å². The minimum Gasteiger partial charge on any atom is -0.374 e. The Labute approximate surface area is 194 Å². The van der Waals surface area contributed by atoms with E-state index < -0.39 is 0 Å². The zero-order valence-electron chi connectivity index (χ0n) is 18.3. The molecule has 0 amide bonds. The van der Waals surface area contributed by atoms with Crippen LogP contribution in [0.25, 0.3) is 0 Å². The Kier molecular flexibility index (Phi) is 8.77. The van der Waals surface area contributed by atoms with Crippen LogP contribution >= 0.6 is 11.8 Å². The normalized spacial score (nSPS) is 22.8. The summed E-state index contributed by atoms with van der Waals surface area (Å²) in [5.74, 6) is 0. The van der Waals surface area contributed by atoms with E-state index in [0.29, 0.717) is 26.4 Å². The second-order valence-corrected chi connectivity index (χ2v) is 8.74. The molecule has 4 rings (SSSR count). The third-order valence-electron chi connectivity index (χ3n) is 5.46. The summed E-state index contributed by atoms with van der Waals surface area (Å²) in [6.07, 6.45) is 1.46. The molecule has 0 aromatic heterocycles. The van der Waals surface area contributed by atoms with E-state index in [2.05, 4.69) is 36.4 Å². The lowest BCUT2D eigenvalue weighted by Gasteiger charge is -2.24. The SMILES string of the molecule is CS[C@H]1O[C@H](COCc2ccccc2)[C@@H](OCc2ccccc2)[C@H]1OCc1ccccc1. The molecular weight excluding hydrogens is 420 g/mol. The first-order valence-electron chi connectivity index (χ1n) is 10.9. The van der Waals surface area contributed by atoms with E-state index in [1.165, 1.54) is 0 Å². The Morgan fingerprint density at radius 1 is 0.656 bits per heavy atom. The molecule has 3 aromatic carbocycles. The fourth-order valence-corrected chi connectivity index (χ4v) is 4.55. The summed E-state index contributed by atoms with van der Waals surface area (Å²) in [4.78, 5) is 0. The molecule has 0 aliphatic carbocycles. The van der Waals surface area contributed by atoms with Crippen LogP contribution in [-0.2, 0) is 38.8 Å². The summed E-state index contributed by atoms with van der Waals surface area (Å²) in [7, 11) is 0. The Balaban J connectivity index is 1.42. The Hall–Kier alpha value is -2.15. The number of hydrogen-bond donors (Lipinski definition) is 0. The number of benzene rings is 3. The second-order valence-electron chi connectivity index (χ2n) is 7.80. The van der Waals surface area contributed by atoms with Gasteiger partial charge < -0.3 is 18.9 Å². The molecule has 4 nitrogen and oxygen atoms in total. The molecule has 0 spiro atoms. The Morgan fingerprint density at radius 2 is 1.12 bits per heavy atom. The molecule has 0 saturated carbocycles. The van der Waals surface area contributed by atoms with E-state index in [4.69, 9.17) is 18.9 Å². The zero-order valence-corrected chi connectivity index (χ0v) is 19.2. The van der Waals surface area contributed by atoms with Gasteiger partial charge in [0.05, 0.1) is 26.4 Å². The Bertz CT molecular complexity index is 907. The molecule has 1 heterocycles. The molecule has 0 radical (unpaired) electrons. The van der Waals surface area contributed by atoms with E-state index in [1.807, 2.05) is 60.9 Å². The fraction of sp³-hybridized carbons (Fsp3) is 0.333. The lowest BCUT2D eigenvalue weighted by molar-refractivity contribution is -0.0895. The van der Waals surface area contributed by atoms with Crippen LogP contribution in [-0.4, -0.2) is 36.6 Å². The summed E-state index contributed by atoms with van der Waals surface area (Å²) >= 11 is 1.65. The van der Waals surface area contributed by atoms with Crippen LogP contribution in [0.4, 0.5) is 0 Å². The molecule has 1 aliphatic rings. The molecule has 4 atom stereocenters. The molecule has 1 fully saturated rings. The average molecular weight is 451 g/mol. The molecule has 5 heteroatoms. The first-order valence-corrected chi connectivity index (χ1v) is 12.2. The average Bonchev–Trinajstić information content (AvgIpc) is 3.19. The van der Waals surface area contributed by atoms with Crippen molar-refractivity contribution in [1.82, 2.24) is 0 Å². The summed E-state index contributed by atoms with van der Waals surface area (Å²) in [5, 5.41) is 0. The van der Waals surface area contributed by atoms with Crippen molar-refractivity contribution in [3.05, 3.63) is 108 Å². The molecule has 0 unspecified atom stereocenters. The van der Waals surface area contributed by atoms with Gasteiger partial charge in [-0.3, -0.25) is 0 Å². The van der Waals surface area contributed by atoms with Gasteiger partial charge in [-0.2, -0.15) is 0 Å². The van der Waals surface area contributed by atoms with Gasteiger partial charge >= 0.3 is 0 Å². The van der Waals surface area contributed by atoms with Crippen LogP contribution < -0.4 is 0 Å². The van der Waals surface area contributed by atoms with Crippen molar-refractivity contribution >= 4 is 11.8 Å². The van der Waals surface area contributed by atoms with Gasteiger partial charge in [-0.25, -0.2) is 0 Å². The maximum Gasteiger partial charge on any atom is 0.132 e. The highest BCUT2D eigenvalue weighted by Crippen LogP contribution is 2.33. The van der Waals surface area contributed by atoms with Crippen LogP contribution in [0, 0.1) is 0 Å². The van der Waals surface area contributed by atoms with E-state index >= 15 is 0 Å². The van der Waals surface area contributed by atoms with Crippen molar-refractivity contribution in [1.29, 1.82) is 0 Å². The van der Waals surface area contributed by atoms with Crippen LogP contribution in [0.5, 0.6) is 0 Å². The molecule has 0 bridgehead atoms. The number of hydrogen-bond acceptors (Lipinski definition) is 5. The quantitative estimate of drug-likeness (QED) is 0.388. The van der Waals surface area contributed by atoms with Crippen molar-refractivity contribution in [3.8, 4) is 0 Å². The van der Waals surface area contributed by atoms with Crippen molar-refractivity contribution in [2.45, 2.75) is 43.6 Å². The minimum absolute atomic E-state index is 0.107. The van der Waals surface area contributed by atoms with E-state index in [-0.39, 0.29) is 23.7 Å². The molecule has 3 aromatic rings. The van der Waals surface area contributed by atoms with Gasteiger partial charge in [-0.15, -0.1) is 11.8 Å². The van der Waals surface area contributed by atoms with Crippen molar-refractivity contribution in [3.63, 3.8) is 0 Å². The van der Waals surface area contributed by atoms with Gasteiger partial charge in [0, 0.05) is 0 Å². The number of rotatable bonds is 11. The Morgan fingerprint density at radius 3 is 1.62 bits per heavy atom. The molecule has 168 valence electrons. The first kappa shape index (κ1) is 23.0. The highest BCUT2D eigenvalue weighted by molar-refractivity contribution is 7.99. The lowest BCUT2D eigenvalue weighted by Crippen LogP contribution is -2.38. The van der Waals surface area contributed by atoms with E-state index in [9.17, 15) is 0 Å². The first-order chi connectivity index (χ1) is 15.8. The molecular formula is C27H30O4S. The summed E-state index contributed by atoms with van der Waals surface area (Å²) in [6.45, 7) is 2.03. The summed E-state index contributed by atoms with van der Waals surface area (Å²) < 4.78 is 25.1. The monoisotopic (exact) mass is 450 g/mol. The number of ether oxygens (including phenoxy) is 4. The predicted molar refractivity (Wildman–Crippen MR) is 128 cm³/mol. The van der Waals surface area contributed by atoms with Gasteiger partial charge in [0.15, 0.2) is 0 Å². The predicted octanol–water partition coefficient (Wildman–Crippen LogP) is 5.46. The van der Waals surface area contributed by atoms with Crippen molar-refractivity contribution in [2.75, 3.05) is 12.9 Å². The molecule has 1 saturated heterocycles. The highest BCUT2D eigenvalue weighted by Gasteiger charge is 2.46. The maximum absolute atomic E-state index is 6.39. The molecule has 32 heavy (non-hydrogen) atoms. The maximum atomic E-state index is 6.39.